The van der Waals surface area contributed by atoms with Gasteiger partial charge >= 0.3 is 5.97 Å². The number of halogens is 2. The van der Waals surface area contributed by atoms with Crippen molar-refractivity contribution in [2.45, 2.75) is 19.4 Å². The summed E-state index contributed by atoms with van der Waals surface area (Å²) in [6.45, 7) is 1.71. The highest BCUT2D eigenvalue weighted by Crippen LogP contribution is 2.30. The van der Waals surface area contributed by atoms with Crippen LogP contribution in [0.2, 0.25) is 10.0 Å². The lowest BCUT2D eigenvalue weighted by Gasteiger charge is -2.25. The largest absolute Gasteiger partial charge is 0.455 e. The molecule has 1 saturated heterocycles. The lowest BCUT2D eigenvalue weighted by atomic mass is 10.1. The molecule has 1 heterocycles. The van der Waals surface area contributed by atoms with E-state index in [0.717, 1.165) is 5.56 Å². The average Bonchev–Trinajstić information content (AvgIpc) is 3.11. The van der Waals surface area contributed by atoms with Gasteiger partial charge in [-0.2, -0.15) is 0 Å². The topological polar surface area (TPSA) is 75.7 Å². The van der Waals surface area contributed by atoms with Crippen molar-refractivity contribution in [2.75, 3.05) is 18.5 Å². The molecule has 1 aliphatic heterocycles. The Bertz CT molecular complexity index is 920. The monoisotopic (exact) mass is 434 g/mol. The van der Waals surface area contributed by atoms with Crippen LogP contribution in [0.1, 0.15) is 24.9 Å². The van der Waals surface area contributed by atoms with Crippen LogP contribution in [0.5, 0.6) is 0 Å². The highest BCUT2D eigenvalue weighted by Gasteiger charge is 2.38. The highest BCUT2D eigenvalue weighted by molar-refractivity contribution is 6.44. The molecule has 8 heteroatoms. The van der Waals surface area contributed by atoms with Crippen LogP contribution in [0.4, 0.5) is 5.69 Å². The van der Waals surface area contributed by atoms with Crippen molar-refractivity contribution < 1.29 is 19.1 Å². The second-order valence-electron chi connectivity index (χ2n) is 6.79. The molecule has 1 N–H and O–H groups in total. The molecule has 0 aliphatic carbocycles. The van der Waals surface area contributed by atoms with Crippen LogP contribution in [-0.4, -0.2) is 35.8 Å². The lowest BCUT2D eigenvalue weighted by molar-refractivity contribution is -0.151. The molecular formula is C21H20Cl2N2O4. The molecule has 1 aliphatic rings. The van der Waals surface area contributed by atoms with Gasteiger partial charge in [-0.15, -0.1) is 0 Å². The molecule has 0 spiro atoms. The predicted molar refractivity (Wildman–Crippen MR) is 111 cm³/mol. The van der Waals surface area contributed by atoms with E-state index in [2.05, 4.69) is 5.32 Å². The molecule has 2 amide bonds. The van der Waals surface area contributed by atoms with E-state index in [1.165, 1.54) is 0 Å². The van der Waals surface area contributed by atoms with Gasteiger partial charge in [-0.25, -0.2) is 0 Å². The maximum absolute atomic E-state index is 12.4. The van der Waals surface area contributed by atoms with Crippen LogP contribution in [0, 0.1) is 5.92 Å². The predicted octanol–water partition coefficient (Wildman–Crippen LogP) is 4.08. The quantitative estimate of drug-likeness (QED) is 0.694. The fourth-order valence-electron chi connectivity index (χ4n) is 3.22. The number of ether oxygens (including phenoxy) is 1. The summed E-state index contributed by atoms with van der Waals surface area (Å²) in [7, 11) is 0. The van der Waals surface area contributed by atoms with Gasteiger partial charge in [0.2, 0.25) is 5.91 Å². The molecule has 0 aromatic heterocycles. The molecule has 0 radical (unpaired) electrons. The molecule has 2 aromatic rings. The van der Waals surface area contributed by atoms with Gasteiger partial charge < -0.3 is 15.0 Å². The number of amides is 2. The van der Waals surface area contributed by atoms with E-state index in [9.17, 15) is 14.4 Å². The Hall–Kier alpha value is -2.57. The van der Waals surface area contributed by atoms with E-state index in [1.54, 1.807) is 23.1 Å². The smallest absolute Gasteiger partial charge is 0.311 e. The number of likely N-dealkylation sites (tertiary alicyclic amines) is 1. The summed E-state index contributed by atoms with van der Waals surface area (Å²) in [5.41, 5.74) is 1.33. The van der Waals surface area contributed by atoms with E-state index in [0.29, 0.717) is 10.7 Å². The van der Waals surface area contributed by atoms with Crippen molar-refractivity contribution in [1.29, 1.82) is 0 Å². The molecule has 6 nitrogen and oxygen atoms in total. The van der Waals surface area contributed by atoms with Gasteiger partial charge in [-0.05, 0) is 24.6 Å². The minimum absolute atomic E-state index is 0.0672. The number of anilines is 1. The summed E-state index contributed by atoms with van der Waals surface area (Å²) >= 11 is 11.9. The van der Waals surface area contributed by atoms with Crippen molar-refractivity contribution in [3.63, 3.8) is 0 Å². The maximum atomic E-state index is 12.4. The van der Waals surface area contributed by atoms with Gasteiger partial charge in [0.1, 0.15) is 0 Å². The second kappa shape index (κ2) is 9.29. The number of esters is 1. The number of nitrogens with one attached hydrogen (secondary N) is 1. The van der Waals surface area contributed by atoms with Crippen LogP contribution in [0.3, 0.4) is 0 Å². The van der Waals surface area contributed by atoms with Gasteiger partial charge in [-0.1, -0.05) is 59.6 Å². The Morgan fingerprint density at radius 3 is 2.62 bits per heavy atom. The van der Waals surface area contributed by atoms with E-state index in [4.69, 9.17) is 27.9 Å². The molecular weight excluding hydrogens is 415 g/mol. The first-order valence-electron chi connectivity index (χ1n) is 9.11. The zero-order chi connectivity index (χ0) is 21.0. The number of rotatable bonds is 6. The Kier molecular flexibility index (Phi) is 6.77. The normalized spacial score (nSPS) is 17.1. The highest BCUT2D eigenvalue weighted by atomic mass is 35.5. The average molecular weight is 435 g/mol. The van der Waals surface area contributed by atoms with Crippen LogP contribution in [0.15, 0.2) is 48.5 Å². The summed E-state index contributed by atoms with van der Waals surface area (Å²) in [5, 5.41) is 3.06. The molecule has 2 aromatic carbocycles. The van der Waals surface area contributed by atoms with E-state index in [1.807, 2.05) is 37.3 Å². The van der Waals surface area contributed by atoms with Crippen LogP contribution >= 0.6 is 23.2 Å². The van der Waals surface area contributed by atoms with E-state index >= 15 is 0 Å². The third-order valence-corrected chi connectivity index (χ3v) is 5.63. The lowest BCUT2D eigenvalue weighted by Crippen LogP contribution is -2.30. The molecule has 0 bridgehead atoms. The van der Waals surface area contributed by atoms with E-state index in [-0.39, 0.29) is 29.9 Å². The fourth-order valence-corrected chi connectivity index (χ4v) is 3.56. The van der Waals surface area contributed by atoms with E-state index < -0.39 is 24.4 Å². The minimum atomic E-state index is -0.601. The summed E-state index contributed by atoms with van der Waals surface area (Å²) in [6.07, 6.45) is 0.0672. The zero-order valence-electron chi connectivity index (χ0n) is 15.7. The molecule has 29 heavy (non-hydrogen) atoms. The molecule has 0 saturated carbocycles. The Labute approximate surface area is 178 Å². The number of carbonyl (C=O) groups excluding carboxylic acids is 3. The van der Waals surface area contributed by atoms with Crippen molar-refractivity contribution in [1.82, 2.24) is 4.90 Å². The van der Waals surface area contributed by atoms with Crippen molar-refractivity contribution in [3.05, 3.63) is 64.1 Å². The molecule has 2 atom stereocenters. The summed E-state index contributed by atoms with van der Waals surface area (Å²) < 4.78 is 5.11. The fraction of sp³-hybridized carbons (Fsp3) is 0.286. The summed E-state index contributed by atoms with van der Waals surface area (Å²) in [5.74, 6) is -1.83. The number of nitrogens with zero attached hydrogens (tertiary/aromatic N) is 1. The van der Waals surface area contributed by atoms with Crippen LogP contribution in [0.25, 0.3) is 0 Å². The number of hydrogen-bond acceptors (Lipinski definition) is 4. The molecule has 1 fully saturated rings. The van der Waals surface area contributed by atoms with Crippen molar-refractivity contribution >= 4 is 46.7 Å². The first-order valence-corrected chi connectivity index (χ1v) is 9.87. The zero-order valence-corrected chi connectivity index (χ0v) is 17.2. The molecule has 3 rings (SSSR count). The number of benzene rings is 2. The summed E-state index contributed by atoms with van der Waals surface area (Å²) in [6, 6.07) is 14.3. The first kappa shape index (κ1) is 21.1. The number of carbonyl (C=O) groups is 3. The maximum Gasteiger partial charge on any atom is 0.311 e. The van der Waals surface area contributed by atoms with Gasteiger partial charge in [-0.3, -0.25) is 14.4 Å². The van der Waals surface area contributed by atoms with Crippen LogP contribution in [-0.2, 0) is 19.1 Å². The van der Waals surface area contributed by atoms with Gasteiger partial charge in [0, 0.05) is 13.0 Å². The number of hydrogen-bond donors (Lipinski definition) is 1. The SMILES string of the molecule is C[C@@H](c1ccccc1)N1C[C@@H](C(=O)OCC(=O)Nc2cccc(Cl)c2Cl)CC1=O. The minimum Gasteiger partial charge on any atom is -0.455 e. The molecule has 0 unspecified atom stereocenters. The first-order chi connectivity index (χ1) is 13.9. The van der Waals surface area contributed by atoms with Crippen molar-refractivity contribution in [3.8, 4) is 0 Å². The third kappa shape index (κ3) is 5.08. The molecule has 152 valence electrons. The Morgan fingerprint density at radius 2 is 1.90 bits per heavy atom. The van der Waals surface area contributed by atoms with Crippen molar-refractivity contribution in [2.24, 2.45) is 5.92 Å². The second-order valence-corrected chi connectivity index (χ2v) is 7.58. The summed E-state index contributed by atoms with van der Waals surface area (Å²) in [4.78, 5) is 38.4. The van der Waals surface area contributed by atoms with Gasteiger partial charge in [0.05, 0.1) is 27.7 Å². The Balaban J connectivity index is 1.53. The van der Waals surface area contributed by atoms with Crippen LogP contribution < -0.4 is 5.32 Å². The third-order valence-electron chi connectivity index (χ3n) is 4.81. The standard InChI is InChI=1S/C21H20Cl2N2O4/c1-13(14-6-3-2-4-7-14)25-11-15(10-19(25)27)21(28)29-12-18(26)24-17-9-5-8-16(22)20(17)23/h2-9,13,15H,10-12H2,1H3,(H,24,26)/t13-,15-/m0/s1. The van der Waals surface area contributed by atoms with Gasteiger partial charge in [0.15, 0.2) is 6.61 Å². The Morgan fingerprint density at radius 1 is 1.17 bits per heavy atom. The van der Waals surface area contributed by atoms with Gasteiger partial charge in [0.25, 0.3) is 5.91 Å².